The molecular formula is C14H15F6N2O2+. The lowest BCUT2D eigenvalue weighted by Gasteiger charge is -2.43. The fourth-order valence-electron chi connectivity index (χ4n) is 2.62. The summed E-state index contributed by atoms with van der Waals surface area (Å²) in [6.45, 7) is -1.59. The first-order chi connectivity index (χ1) is 11.1. The van der Waals surface area contributed by atoms with E-state index in [1.165, 1.54) is 23.5 Å². The van der Waals surface area contributed by atoms with Gasteiger partial charge in [-0.2, -0.15) is 26.3 Å². The molecule has 24 heavy (non-hydrogen) atoms. The van der Waals surface area contributed by atoms with E-state index in [0.717, 1.165) is 12.1 Å². The van der Waals surface area contributed by atoms with Crippen molar-refractivity contribution in [3.63, 3.8) is 0 Å². The molecule has 1 aliphatic rings. The number of carbonyl (C=O) groups is 1. The number of carbonyl (C=O) groups excluding carboxylic acids is 1. The molecule has 1 heterocycles. The molecule has 10 heteroatoms. The number of hydrogen-bond donors (Lipinski definition) is 2. The van der Waals surface area contributed by atoms with Crippen molar-refractivity contribution in [3.05, 3.63) is 35.9 Å². The van der Waals surface area contributed by atoms with E-state index in [9.17, 15) is 31.1 Å². The first-order valence-electron chi connectivity index (χ1n) is 7.03. The third-order valence-electron chi connectivity index (χ3n) is 3.81. The second-order valence-electron chi connectivity index (χ2n) is 5.28. The van der Waals surface area contributed by atoms with Crippen molar-refractivity contribution >= 4 is 5.91 Å². The Morgan fingerprint density at radius 2 is 1.46 bits per heavy atom. The summed E-state index contributed by atoms with van der Waals surface area (Å²) in [5.74, 6) is -1.44. The lowest BCUT2D eigenvalue weighted by Crippen LogP contribution is -3.28. The summed E-state index contributed by atoms with van der Waals surface area (Å²) < 4.78 is 86.1. The monoisotopic (exact) mass is 357 g/mol. The van der Waals surface area contributed by atoms with Crippen molar-refractivity contribution in [1.82, 2.24) is 5.32 Å². The number of alkyl halides is 6. The van der Waals surface area contributed by atoms with E-state index >= 15 is 0 Å². The van der Waals surface area contributed by atoms with Crippen molar-refractivity contribution in [2.45, 2.75) is 18.0 Å². The highest BCUT2D eigenvalue weighted by atomic mass is 19.4. The fourth-order valence-corrected chi connectivity index (χ4v) is 2.62. The Morgan fingerprint density at radius 1 is 0.958 bits per heavy atom. The molecule has 1 fully saturated rings. The third kappa shape index (κ3) is 3.34. The molecular weight excluding hydrogens is 342 g/mol. The molecule has 1 amide bonds. The smallest absolute Gasteiger partial charge is 0.370 e. The Labute approximate surface area is 133 Å². The van der Waals surface area contributed by atoms with Gasteiger partial charge in [0.05, 0.1) is 13.2 Å². The lowest BCUT2D eigenvalue weighted by atomic mass is 10.0. The van der Waals surface area contributed by atoms with Crippen LogP contribution in [-0.2, 0) is 4.74 Å². The molecule has 0 unspecified atom stereocenters. The normalized spacial score (nSPS) is 17.6. The van der Waals surface area contributed by atoms with Gasteiger partial charge < -0.3 is 4.74 Å². The van der Waals surface area contributed by atoms with Crippen LogP contribution in [0.25, 0.3) is 0 Å². The standard InChI is InChI=1S/C14H14F6N2O2/c15-13(16,17)12(14(18,19)20,22-6-8-24-9-7-22)21-11(23)10-4-2-1-3-5-10/h1-5H,6-9H2,(H,21,23)/p+1. The SMILES string of the molecule is O=C(NC([NH+]1CCOCC1)(C(F)(F)F)C(F)(F)F)c1ccccc1. The average Bonchev–Trinajstić information content (AvgIpc) is 2.51. The highest BCUT2D eigenvalue weighted by Crippen LogP contribution is 2.39. The minimum atomic E-state index is -5.73. The molecule has 0 bridgehead atoms. The molecule has 2 N–H and O–H groups in total. The maximum atomic E-state index is 13.5. The van der Waals surface area contributed by atoms with Crippen LogP contribution < -0.4 is 10.2 Å². The van der Waals surface area contributed by atoms with E-state index in [-0.39, 0.29) is 18.8 Å². The summed E-state index contributed by atoms with van der Waals surface area (Å²) in [6.07, 6.45) is -11.5. The van der Waals surface area contributed by atoms with Gasteiger partial charge in [-0.3, -0.25) is 15.0 Å². The van der Waals surface area contributed by atoms with Crippen LogP contribution >= 0.6 is 0 Å². The zero-order valence-electron chi connectivity index (χ0n) is 12.3. The Morgan fingerprint density at radius 3 is 1.92 bits per heavy atom. The van der Waals surface area contributed by atoms with Crippen molar-refractivity contribution in [3.8, 4) is 0 Å². The summed E-state index contributed by atoms with van der Waals surface area (Å²) >= 11 is 0. The van der Waals surface area contributed by atoms with Gasteiger partial charge in [-0.1, -0.05) is 18.2 Å². The molecule has 0 atom stereocenters. The van der Waals surface area contributed by atoms with E-state index in [1.54, 1.807) is 0 Å². The largest absolute Gasteiger partial charge is 0.475 e. The second-order valence-corrected chi connectivity index (χ2v) is 5.28. The molecule has 0 aromatic heterocycles. The molecule has 0 saturated carbocycles. The number of amides is 1. The zero-order chi connectivity index (χ0) is 18.0. The minimum absolute atomic E-state index is 0.259. The van der Waals surface area contributed by atoms with Crippen LogP contribution in [0.4, 0.5) is 26.3 Å². The molecule has 1 aromatic rings. The van der Waals surface area contributed by atoms with Crippen LogP contribution in [0.5, 0.6) is 0 Å². The van der Waals surface area contributed by atoms with Crippen LogP contribution in [0.3, 0.4) is 0 Å². The molecule has 134 valence electrons. The summed E-state index contributed by atoms with van der Waals surface area (Å²) in [6, 6.07) is 6.46. The van der Waals surface area contributed by atoms with E-state index < -0.39 is 41.9 Å². The molecule has 4 nitrogen and oxygen atoms in total. The van der Waals surface area contributed by atoms with E-state index in [2.05, 4.69) is 0 Å². The maximum Gasteiger partial charge on any atom is 0.475 e. The van der Waals surface area contributed by atoms with Crippen LogP contribution in [0, 0.1) is 0 Å². The van der Waals surface area contributed by atoms with Gasteiger partial charge in [-0.05, 0) is 12.1 Å². The van der Waals surface area contributed by atoms with Crippen LogP contribution in [-0.4, -0.2) is 50.2 Å². The van der Waals surface area contributed by atoms with Crippen molar-refractivity contribution in [1.29, 1.82) is 0 Å². The topological polar surface area (TPSA) is 42.8 Å². The highest BCUT2D eigenvalue weighted by molar-refractivity contribution is 5.94. The Hall–Kier alpha value is -1.81. The number of halogens is 6. The van der Waals surface area contributed by atoms with Crippen molar-refractivity contribution < 1.29 is 40.8 Å². The highest BCUT2D eigenvalue weighted by Gasteiger charge is 2.79. The zero-order valence-corrected chi connectivity index (χ0v) is 12.3. The number of nitrogens with one attached hydrogen (secondary N) is 2. The molecule has 0 aliphatic carbocycles. The molecule has 0 radical (unpaired) electrons. The van der Waals surface area contributed by atoms with Gasteiger partial charge in [0.25, 0.3) is 5.91 Å². The van der Waals surface area contributed by atoms with Crippen molar-refractivity contribution in [2.24, 2.45) is 0 Å². The van der Waals surface area contributed by atoms with Gasteiger partial charge >= 0.3 is 18.0 Å². The third-order valence-corrected chi connectivity index (χ3v) is 3.81. The van der Waals surface area contributed by atoms with E-state index in [0.29, 0.717) is 0 Å². The van der Waals surface area contributed by atoms with Crippen LogP contribution in [0.15, 0.2) is 30.3 Å². The summed E-state index contributed by atoms with van der Waals surface area (Å²) in [4.78, 5) is 11.2. The van der Waals surface area contributed by atoms with E-state index in [4.69, 9.17) is 4.74 Å². The van der Waals surface area contributed by atoms with E-state index in [1.807, 2.05) is 0 Å². The number of hydrogen-bond acceptors (Lipinski definition) is 2. The summed E-state index contributed by atoms with van der Waals surface area (Å²) in [5.41, 5.74) is -4.68. The second kappa shape index (κ2) is 6.60. The van der Waals surface area contributed by atoms with Crippen molar-refractivity contribution in [2.75, 3.05) is 26.3 Å². The minimum Gasteiger partial charge on any atom is -0.370 e. The molecule has 1 saturated heterocycles. The summed E-state index contributed by atoms with van der Waals surface area (Å²) in [7, 11) is 0. The van der Waals surface area contributed by atoms with Gasteiger partial charge in [0.15, 0.2) is 0 Å². The Balaban J connectivity index is 2.46. The predicted octanol–water partition coefficient (Wildman–Crippen LogP) is 1.15. The van der Waals surface area contributed by atoms with Gasteiger partial charge in [0.1, 0.15) is 13.1 Å². The molecule has 1 aliphatic heterocycles. The molecule has 2 rings (SSSR count). The van der Waals surface area contributed by atoms with Gasteiger partial charge in [0, 0.05) is 5.56 Å². The number of ether oxygens (including phenoxy) is 1. The quantitative estimate of drug-likeness (QED) is 0.798. The first kappa shape index (κ1) is 18.5. The van der Waals surface area contributed by atoms with Crippen LogP contribution in [0.1, 0.15) is 10.4 Å². The number of morpholine rings is 1. The average molecular weight is 357 g/mol. The van der Waals surface area contributed by atoms with Gasteiger partial charge in [-0.15, -0.1) is 0 Å². The number of rotatable bonds is 3. The van der Waals surface area contributed by atoms with Gasteiger partial charge in [0.2, 0.25) is 0 Å². The predicted molar refractivity (Wildman–Crippen MR) is 70.3 cm³/mol. The summed E-state index contributed by atoms with van der Waals surface area (Å²) in [5, 5.41) is 1.21. The maximum absolute atomic E-state index is 13.5. The number of benzene rings is 1. The molecule has 0 spiro atoms. The first-order valence-corrected chi connectivity index (χ1v) is 7.03. The Kier molecular flexibility index (Phi) is 5.09. The molecule has 1 aromatic carbocycles. The lowest BCUT2D eigenvalue weighted by molar-refractivity contribution is -0.989. The van der Waals surface area contributed by atoms with Crippen LogP contribution in [0.2, 0.25) is 0 Å². The van der Waals surface area contributed by atoms with Gasteiger partial charge in [-0.25, -0.2) is 0 Å². The Bertz CT molecular complexity index is 553. The number of quaternary nitrogens is 1. The fraction of sp³-hybridized carbons (Fsp3) is 0.500.